The molecule has 0 aliphatic carbocycles. The van der Waals surface area contributed by atoms with Crippen LogP contribution in [0.25, 0.3) is 5.82 Å². The van der Waals surface area contributed by atoms with E-state index in [2.05, 4.69) is 23.9 Å². The molecule has 0 saturated heterocycles. The van der Waals surface area contributed by atoms with E-state index >= 15 is 0 Å². The third-order valence-corrected chi connectivity index (χ3v) is 4.41. The maximum absolute atomic E-state index is 12.8. The molecule has 0 aliphatic heterocycles. The lowest BCUT2D eigenvalue weighted by Crippen LogP contribution is -2.36. The van der Waals surface area contributed by atoms with Gasteiger partial charge >= 0.3 is 11.7 Å². The monoisotopic (exact) mass is 375 g/mol. The maximum atomic E-state index is 12.8. The van der Waals surface area contributed by atoms with E-state index in [0.29, 0.717) is 18.2 Å². The molecular formula is C19H29N5O3. The molecule has 148 valence electrons. The molecule has 0 fully saturated rings. The first kappa shape index (κ1) is 20.8. The molecule has 0 saturated carbocycles. The van der Waals surface area contributed by atoms with Crippen LogP contribution in [-0.2, 0) is 9.53 Å². The van der Waals surface area contributed by atoms with E-state index in [1.165, 1.54) is 15.6 Å². The van der Waals surface area contributed by atoms with Crippen LogP contribution >= 0.6 is 0 Å². The summed E-state index contributed by atoms with van der Waals surface area (Å²) in [5, 5.41) is 4.24. The van der Waals surface area contributed by atoms with Gasteiger partial charge in [0.1, 0.15) is 18.2 Å². The lowest BCUT2D eigenvalue weighted by Gasteiger charge is -2.23. The summed E-state index contributed by atoms with van der Waals surface area (Å²) in [7, 11) is 3.60. The SMILES string of the molecule is CC[C@@H]([C@H](C)OC(=O)CN(C)C)n1ncn(-c2ccc(C(C)C)cn2)c1=O. The van der Waals surface area contributed by atoms with E-state index in [-0.39, 0.29) is 24.2 Å². The second kappa shape index (κ2) is 8.94. The summed E-state index contributed by atoms with van der Waals surface area (Å²) in [6.07, 6.45) is 3.36. The topological polar surface area (TPSA) is 82.2 Å². The minimum absolute atomic E-state index is 0.191. The molecule has 2 aromatic rings. The fourth-order valence-corrected chi connectivity index (χ4v) is 2.87. The molecule has 2 rings (SSSR count). The van der Waals surface area contributed by atoms with E-state index in [1.54, 1.807) is 32.1 Å². The number of pyridine rings is 1. The molecule has 0 bridgehead atoms. The van der Waals surface area contributed by atoms with Crippen LogP contribution in [-0.4, -0.2) is 56.9 Å². The standard InChI is InChI=1S/C19H29N5O3/c1-7-16(14(4)27-18(25)11-22(5)6)24-19(26)23(12-21-24)17-9-8-15(10-20-17)13(2)3/h8-10,12-14,16H,7,11H2,1-6H3/t14-,16-/m0/s1. The van der Waals surface area contributed by atoms with Crippen LogP contribution in [0.5, 0.6) is 0 Å². The number of likely N-dealkylation sites (N-methyl/N-ethyl adjacent to an activating group) is 1. The van der Waals surface area contributed by atoms with Crippen molar-refractivity contribution in [2.75, 3.05) is 20.6 Å². The molecule has 0 N–H and O–H groups in total. The number of carbonyl (C=O) groups excluding carboxylic acids is 1. The number of esters is 1. The molecule has 0 amide bonds. The molecule has 2 atom stereocenters. The molecule has 8 nitrogen and oxygen atoms in total. The van der Waals surface area contributed by atoms with E-state index in [9.17, 15) is 9.59 Å². The summed E-state index contributed by atoms with van der Waals surface area (Å²) >= 11 is 0. The van der Waals surface area contributed by atoms with E-state index in [4.69, 9.17) is 4.74 Å². The number of hydrogen-bond donors (Lipinski definition) is 0. The molecular weight excluding hydrogens is 346 g/mol. The predicted molar refractivity (Wildman–Crippen MR) is 103 cm³/mol. The molecule has 2 aromatic heterocycles. The van der Waals surface area contributed by atoms with Crippen LogP contribution in [0.4, 0.5) is 0 Å². The summed E-state index contributed by atoms with van der Waals surface area (Å²) in [4.78, 5) is 30.9. The highest BCUT2D eigenvalue weighted by Gasteiger charge is 2.25. The number of carbonyl (C=O) groups is 1. The molecule has 0 spiro atoms. The average molecular weight is 375 g/mol. The van der Waals surface area contributed by atoms with Crippen molar-refractivity contribution < 1.29 is 9.53 Å². The Morgan fingerprint density at radius 2 is 1.96 bits per heavy atom. The highest BCUT2D eigenvalue weighted by molar-refractivity contribution is 5.71. The maximum Gasteiger partial charge on any atom is 0.351 e. The van der Waals surface area contributed by atoms with Crippen LogP contribution in [0, 0.1) is 0 Å². The fourth-order valence-electron chi connectivity index (χ4n) is 2.87. The van der Waals surface area contributed by atoms with Crippen molar-refractivity contribution in [3.05, 3.63) is 40.7 Å². The Morgan fingerprint density at radius 3 is 2.48 bits per heavy atom. The number of nitrogens with zero attached hydrogens (tertiary/aromatic N) is 5. The van der Waals surface area contributed by atoms with E-state index < -0.39 is 6.10 Å². The first-order valence-corrected chi connectivity index (χ1v) is 9.21. The van der Waals surface area contributed by atoms with Crippen molar-refractivity contribution in [2.45, 2.75) is 52.2 Å². The van der Waals surface area contributed by atoms with Gasteiger partial charge in [0.15, 0.2) is 0 Å². The summed E-state index contributed by atoms with van der Waals surface area (Å²) in [5.41, 5.74) is 0.800. The Balaban J connectivity index is 2.23. The molecule has 27 heavy (non-hydrogen) atoms. The predicted octanol–water partition coefficient (Wildman–Crippen LogP) is 2.00. The molecule has 0 unspecified atom stereocenters. The van der Waals surface area contributed by atoms with Crippen molar-refractivity contribution in [1.82, 2.24) is 24.2 Å². The van der Waals surface area contributed by atoms with Gasteiger partial charge in [-0.25, -0.2) is 19.0 Å². The molecule has 8 heteroatoms. The Kier molecular flexibility index (Phi) is 6.90. The minimum Gasteiger partial charge on any atom is -0.459 e. The van der Waals surface area contributed by atoms with E-state index in [0.717, 1.165) is 5.56 Å². The highest BCUT2D eigenvalue weighted by Crippen LogP contribution is 2.17. The third kappa shape index (κ3) is 5.03. The van der Waals surface area contributed by atoms with Crippen LogP contribution < -0.4 is 5.69 Å². The third-order valence-electron chi connectivity index (χ3n) is 4.41. The number of hydrogen-bond acceptors (Lipinski definition) is 6. The second-order valence-corrected chi connectivity index (χ2v) is 7.24. The molecule has 0 aliphatic rings. The van der Waals surface area contributed by atoms with E-state index in [1.807, 2.05) is 19.1 Å². The van der Waals surface area contributed by atoms with Crippen molar-refractivity contribution >= 4 is 5.97 Å². The Morgan fingerprint density at radius 1 is 1.26 bits per heavy atom. The van der Waals surface area contributed by atoms with Crippen molar-refractivity contribution in [3.8, 4) is 5.82 Å². The molecule has 2 heterocycles. The average Bonchev–Trinajstić information content (AvgIpc) is 2.96. The normalized spacial score (nSPS) is 13.8. The quantitative estimate of drug-likeness (QED) is 0.657. The first-order chi connectivity index (χ1) is 12.7. The fraction of sp³-hybridized carbons (Fsp3) is 0.579. The summed E-state index contributed by atoms with van der Waals surface area (Å²) in [6, 6.07) is 3.42. The van der Waals surface area contributed by atoms with Crippen LogP contribution in [0.3, 0.4) is 0 Å². The zero-order chi connectivity index (χ0) is 20.1. The zero-order valence-corrected chi connectivity index (χ0v) is 16.9. The van der Waals surface area contributed by atoms with Crippen LogP contribution in [0.15, 0.2) is 29.5 Å². The van der Waals surface area contributed by atoms with Gasteiger partial charge in [0.05, 0.1) is 12.6 Å². The van der Waals surface area contributed by atoms with Crippen molar-refractivity contribution in [2.24, 2.45) is 0 Å². The Labute approximate surface area is 159 Å². The van der Waals surface area contributed by atoms with Gasteiger partial charge in [-0.1, -0.05) is 26.8 Å². The lowest BCUT2D eigenvalue weighted by atomic mass is 10.1. The summed E-state index contributed by atoms with van der Waals surface area (Å²) < 4.78 is 8.25. The van der Waals surface area contributed by atoms with Crippen molar-refractivity contribution in [3.63, 3.8) is 0 Å². The highest BCUT2D eigenvalue weighted by atomic mass is 16.5. The largest absolute Gasteiger partial charge is 0.459 e. The van der Waals surface area contributed by atoms with Gasteiger partial charge in [0.2, 0.25) is 0 Å². The Bertz CT molecular complexity index is 807. The number of ether oxygens (including phenoxy) is 1. The van der Waals surface area contributed by atoms with Crippen molar-refractivity contribution in [1.29, 1.82) is 0 Å². The lowest BCUT2D eigenvalue weighted by molar-refractivity contribution is -0.151. The van der Waals surface area contributed by atoms with Crippen LogP contribution in [0.2, 0.25) is 0 Å². The van der Waals surface area contributed by atoms with Gasteiger partial charge < -0.3 is 4.74 Å². The molecule has 0 aromatic carbocycles. The number of aromatic nitrogens is 4. The number of rotatable bonds is 8. The second-order valence-electron chi connectivity index (χ2n) is 7.24. The summed E-state index contributed by atoms with van der Waals surface area (Å²) in [5.74, 6) is 0.556. The smallest absolute Gasteiger partial charge is 0.351 e. The molecule has 0 radical (unpaired) electrons. The summed E-state index contributed by atoms with van der Waals surface area (Å²) in [6.45, 7) is 8.08. The van der Waals surface area contributed by atoms with Gasteiger partial charge in [-0.15, -0.1) is 0 Å². The van der Waals surface area contributed by atoms with Gasteiger partial charge in [0.25, 0.3) is 0 Å². The minimum atomic E-state index is -0.472. The van der Waals surface area contributed by atoms with Gasteiger partial charge in [-0.3, -0.25) is 9.69 Å². The zero-order valence-electron chi connectivity index (χ0n) is 16.9. The first-order valence-electron chi connectivity index (χ1n) is 9.21. The van der Waals surface area contributed by atoms with Gasteiger partial charge in [-0.2, -0.15) is 5.10 Å². The van der Waals surface area contributed by atoms with Crippen LogP contribution in [0.1, 0.15) is 51.6 Å². The van der Waals surface area contributed by atoms with Gasteiger partial charge in [0, 0.05) is 6.20 Å². The van der Waals surface area contributed by atoms with Gasteiger partial charge in [-0.05, 0) is 45.0 Å². The Hall–Kier alpha value is -2.48.